The zero-order valence-corrected chi connectivity index (χ0v) is 19.2. The molecule has 1 aromatic carbocycles. The predicted molar refractivity (Wildman–Crippen MR) is 104 cm³/mol. The summed E-state index contributed by atoms with van der Waals surface area (Å²) in [6.45, 7) is 17.3. The third-order valence-electron chi connectivity index (χ3n) is 3.22. The van der Waals surface area contributed by atoms with Crippen molar-refractivity contribution in [1.29, 1.82) is 0 Å². The van der Waals surface area contributed by atoms with Gasteiger partial charge in [0.1, 0.15) is 5.75 Å². The average molecular weight is 377 g/mol. The summed E-state index contributed by atoms with van der Waals surface area (Å²) in [5.74, 6) is 0.345. The fourth-order valence-corrected chi connectivity index (χ4v) is 1.89. The SMILES string of the molecule is CC(C)(C)C1=[C-]CC=C1.CC(C)(C)c1cccc(O)c1.C[Si]C.[Ti]. The van der Waals surface area contributed by atoms with E-state index in [1.54, 1.807) is 12.1 Å². The van der Waals surface area contributed by atoms with Gasteiger partial charge in [0.05, 0.1) is 0 Å². The summed E-state index contributed by atoms with van der Waals surface area (Å²) in [4.78, 5) is 0. The zero-order valence-electron chi connectivity index (χ0n) is 16.6. The van der Waals surface area contributed by atoms with Crippen LogP contribution < -0.4 is 0 Å². The zero-order chi connectivity index (χ0) is 18.1. The van der Waals surface area contributed by atoms with Crippen LogP contribution in [-0.4, -0.2) is 14.6 Å². The molecule has 0 spiro atoms. The Bertz CT molecular complexity index is 519. The minimum absolute atomic E-state index is 0. The molecule has 1 nitrogen and oxygen atoms in total. The molecule has 1 aliphatic carbocycles. The van der Waals surface area contributed by atoms with Gasteiger partial charge in [-0.15, -0.1) is 6.42 Å². The maximum absolute atomic E-state index is 9.18. The first-order valence-electron chi connectivity index (χ1n) is 8.18. The molecule has 0 amide bonds. The van der Waals surface area contributed by atoms with E-state index in [-0.39, 0.29) is 27.1 Å². The van der Waals surface area contributed by atoms with Gasteiger partial charge in [0, 0.05) is 31.2 Å². The molecular weight excluding hydrogens is 344 g/mol. The van der Waals surface area contributed by atoms with Crippen LogP contribution >= 0.6 is 0 Å². The van der Waals surface area contributed by atoms with Crippen LogP contribution in [0.15, 0.2) is 42.0 Å². The van der Waals surface area contributed by atoms with Crippen LogP contribution in [0.25, 0.3) is 0 Å². The smallest absolute Gasteiger partial charge is 0.115 e. The van der Waals surface area contributed by atoms with Crippen LogP contribution in [0, 0.1) is 11.5 Å². The van der Waals surface area contributed by atoms with Crippen LogP contribution in [0.2, 0.25) is 13.1 Å². The second-order valence-electron chi connectivity index (χ2n) is 7.75. The van der Waals surface area contributed by atoms with Crippen LogP contribution in [0.3, 0.4) is 0 Å². The van der Waals surface area contributed by atoms with Crippen molar-refractivity contribution >= 4 is 9.52 Å². The standard InChI is InChI=1S/C10H14O.C9H13.C2H6Si.Ti/c1-10(2,3)8-5-4-6-9(11)7-8;1-9(2,3)8-6-4-5-7-8;1-3-2;/h4-7,11H,1-3H3;4,6H,5H2,1-3H3;1-2H3;/q;-1;;. The molecule has 2 radical (unpaired) electrons. The molecule has 0 fully saturated rings. The number of benzene rings is 1. The summed E-state index contributed by atoms with van der Waals surface area (Å²) < 4.78 is 0. The molecule has 0 saturated carbocycles. The van der Waals surface area contributed by atoms with Gasteiger partial charge in [-0.05, 0) is 28.5 Å². The molecule has 0 aromatic heterocycles. The van der Waals surface area contributed by atoms with Crippen molar-refractivity contribution in [3.63, 3.8) is 0 Å². The normalized spacial score (nSPS) is 12.9. The number of allylic oxidation sites excluding steroid dienone is 4. The predicted octanol–water partition coefficient (Wildman–Crippen LogP) is 6.20. The quantitative estimate of drug-likeness (QED) is 0.422. The second-order valence-corrected chi connectivity index (χ2v) is 8.75. The van der Waals surface area contributed by atoms with Crippen molar-refractivity contribution in [3.8, 4) is 5.75 Å². The third-order valence-corrected chi connectivity index (χ3v) is 3.22. The molecule has 1 aromatic rings. The number of hydrogen-bond acceptors (Lipinski definition) is 1. The molecule has 0 atom stereocenters. The maximum Gasteiger partial charge on any atom is 0.115 e. The molecule has 132 valence electrons. The fourth-order valence-electron chi connectivity index (χ4n) is 1.89. The van der Waals surface area contributed by atoms with Gasteiger partial charge < -0.3 is 5.11 Å². The summed E-state index contributed by atoms with van der Waals surface area (Å²) in [7, 11) is 1.08. The van der Waals surface area contributed by atoms with Crippen molar-refractivity contribution in [2.75, 3.05) is 0 Å². The van der Waals surface area contributed by atoms with E-state index in [1.807, 2.05) is 12.1 Å². The Hall–Kier alpha value is -0.569. The Labute approximate surface area is 167 Å². The van der Waals surface area contributed by atoms with Gasteiger partial charge >= 0.3 is 0 Å². The van der Waals surface area contributed by atoms with Crippen molar-refractivity contribution in [2.24, 2.45) is 5.41 Å². The van der Waals surface area contributed by atoms with E-state index >= 15 is 0 Å². The Balaban J connectivity index is 0. The van der Waals surface area contributed by atoms with Crippen LogP contribution in [-0.2, 0) is 27.1 Å². The molecule has 0 saturated heterocycles. The summed E-state index contributed by atoms with van der Waals surface area (Å²) >= 11 is 0. The van der Waals surface area contributed by atoms with Crippen LogP contribution in [0.5, 0.6) is 5.75 Å². The Morgan fingerprint density at radius 2 is 1.54 bits per heavy atom. The van der Waals surface area contributed by atoms with Crippen molar-refractivity contribution in [1.82, 2.24) is 0 Å². The number of aromatic hydroxyl groups is 1. The second kappa shape index (κ2) is 11.9. The molecule has 0 unspecified atom stereocenters. The van der Waals surface area contributed by atoms with Crippen molar-refractivity contribution in [3.05, 3.63) is 53.6 Å². The molecule has 1 aliphatic rings. The largest absolute Gasteiger partial charge is 0.508 e. The number of phenolic OH excluding ortho intramolecular Hbond substituents is 1. The Kier molecular flexibility index (Phi) is 12.7. The van der Waals surface area contributed by atoms with E-state index in [2.05, 4.69) is 72.9 Å². The van der Waals surface area contributed by atoms with Crippen molar-refractivity contribution in [2.45, 2.75) is 66.5 Å². The number of rotatable bonds is 0. The first kappa shape index (κ1) is 25.7. The minimum Gasteiger partial charge on any atom is -0.508 e. The molecule has 2 rings (SSSR count). The summed E-state index contributed by atoms with van der Waals surface area (Å²) in [6.07, 6.45) is 8.63. The van der Waals surface area contributed by atoms with E-state index in [4.69, 9.17) is 0 Å². The summed E-state index contributed by atoms with van der Waals surface area (Å²) in [6, 6.07) is 7.39. The van der Waals surface area contributed by atoms with Gasteiger partial charge in [-0.1, -0.05) is 66.8 Å². The van der Waals surface area contributed by atoms with Gasteiger partial charge in [0.2, 0.25) is 0 Å². The first-order valence-corrected chi connectivity index (χ1v) is 10.2. The Morgan fingerprint density at radius 3 is 1.79 bits per heavy atom. The van der Waals surface area contributed by atoms with Crippen LogP contribution in [0.1, 0.15) is 53.5 Å². The van der Waals surface area contributed by atoms with Gasteiger partial charge in [-0.25, -0.2) is 11.6 Å². The Morgan fingerprint density at radius 1 is 1.00 bits per heavy atom. The maximum atomic E-state index is 9.18. The van der Waals surface area contributed by atoms with Gasteiger partial charge in [-0.2, -0.15) is 6.08 Å². The van der Waals surface area contributed by atoms with E-state index in [1.165, 1.54) is 5.57 Å². The number of phenols is 1. The van der Waals surface area contributed by atoms with E-state index in [0.717, 1.165) is 21.5 Å². The van der Waals surface area contributed by atoms with Gasteiger partial charge in [-0.3, -0.25) is 6.08 Å². The molecule has 0 bridgehead atoms. The topological polar surface area (TPSA) is 20.2 Å². The molecule has 1 N–H and O–H groups in total. The average Bonchev–Trinajstić information content (AvgIpc) is 2.93. The third kappa shape index (κ3) is 11.1. The molecule has 0 heterocycles. The van der Waals surface area contributed by atoms with E-state index in [0.29, 0.717) is 11.2 Å². The monoisotopic (exact) mass is 377 g/mol. The van der Waals surface area contributed by atoms with E-state index in [9.17, 15) is 5.11 Å². The fraction of sp³-hybridized carbons (Fsp3) is 0.524. The molecule has 24 heavy (non-hydrogen) atoms. The molecule has 0 aliphatic heterocycles. The summed E-state index contributed by atoms with van der Waals surface area (Å²) in [5, 5.41) is 9.18. The van der Waals surface area contributed by atoms with Crippen LogP contribution in [0.4, 0.5) is 0 Å². The van der Waals surface area contributed by atoms with Crippen molar-refractivity contribution < 1.29 is 26.8 Å². The molecular formula is C21H33OSiTi-. The number of hydrogen-bond donors (Lipinski definition) is 1. The molecule has 3 heteroatoms. The van der Waals surface area contributed by atoms with Gasteiger partial charge in [0.25, 0.3) is 0 Å². The van der Waals surface area contributed by atoms with E-state index < -0.39 is 0 Å². The minimum atomic E-state index is 0. The summed E-state index contributed by atoms with van der Waals surface area (Å²) in [5.41, 5.74) is 2.94. The first-order chi connectivity index (χ1) is 10.5. The van der Waals surface area contributed by atoms with Gasteiger partial charge in [0.15, 0.2) is 0 Å².